The number of ether oxygens (including phenoxy) is 1. The Balaban J connectivity index is 1.74. The van der Waals surface area contributed by atoms with Crippen molar-refractivity contribution in [2.24, 2.45) is 10.9 Å². The number of rotatable bonds is 2. The quantitative estimate of drug-likeness (QED) is 0.912. The highest BCUT2D eigenvalue weighted by molar-refractivity contribution is 5.95. The van der Waals surface area contributed by atoms with Crippen LogP contribution >= 0.6 is 0 Å². The maximum absolute atomic E-state index is 12.5. The van der Waals surface area contributed by atoms with Crippen LogP contribution in [0.4, 0.5) is 13.2 Å². The molecule has 1 saturated carbocycles. The SMILES string of the molecule is O=C(O)C1CCC2N=C(c3ccc(C(F)(F)F)cc3)OC2C1. The monoisotopic (exact) mass is 313 g/mol. The van der Waals surface area contributed by atoms with Crippen molar-refractivity contribution in [3.05, 3.63) is 35.4 Å². The molecule has 3 unspecified atom stereocenters. The molecule has 1 aliphatic carbocycles. The van der Waals surface area contributed by atoms with Gasteiger partial charge in [0.05, 0.1) is 17.5 Å². The second kappa shape index (κ2) is 5.30. The molecule has 3 rings (SSSR count). The number of alkyl halides is 3. The Labute approximate surface area is 124 Å². The van der Waals surface area contributed by atoms with E-state index in [1.807, 2.05) is 0 Å². The van der Waals surface area contributed by atoms with Crippen LogP contribution in [0.2, 0.25) is 0 Å². The predicted molar refractivity (Wildman–Crippen MR) is 71.6 cm³/mol. The van der Waals surface area contributed by atoms with E-state index in [4.69, 9.17) is 9.84 Å². The van der Waals surface area contributed by atoms with Crippen molar-refractivity contribution in [1.29, 1.82) is 0 Å². The van der Waals surface area contributed by atoms with Crippen LogP contribution in [0, 0.1) is 5.92 Å². The number of fused-ring (bicyclic) bond motifs is 1. The Morgan fingerprint density at radius 3 is 2.50 bits per heavy atom. The summed E-state index contributed by atoms with van der Waals surface area (Å²) in [7, 11) is 0. The van der Waals surface area contributed by atoms with Crippen LogP contribution in [0.15, 0.2) is 29.3 Å². The number of aliphatic carboxylic acids is 1. The van der Waals surface area contributed by atoms with E-state index in [2.05, 4.69) is 4.99 Å². The number of aliphatic imine (C=N–C) groups is 1. The number of carboxylic acid groups (broad SMARTS) is 1. The largest absolute Gasteiger partial charge is 0.481 e. The first-order valence-electron chi connectivity index (χ1n) is 6.99. The summed E-state index contributed by atoms with van der Waals surface area (Å²) in [6, 6.07) is 4.53. The van der Waals surface area contributed by atoms with E-state index in [9.17, 15) is 18.0 Å². The molecule has 7 heteroatoms. The fraction of sp³-hybridized carbons (Fsp3) is 0.467. The van der Waals surface area contributed by atoms with E-state index in [-0.39, 0.29) is 12.1 Å². The summed E-state index contributed by atoms with van der Waals surface area (Å²) in [6.45, 7) is 0. The molecule has 1 aromatic rings. The normalized spacial score (nSPS) is 27.8. The molecule has 1 fully saturated rings. The van der Waals surface area contributed by atoms with Crippen LogP contribution in [0.25, 0.3) is 0 Å². The molecule has 0 radical (unpaired) electrons. The summed E-state index contributed by atoms with van der Waals surface area (Å²) in [5, 5.41) is 9.05. The van der Waals surface area contributed by atoms with E-state index in [0.29, 0.717) is 30.7 Å². The molecule has 0 bridgehead atoms. The van der Waals surface area contributed by atoms with Gasteiger partial charge in [0.15, 0.2) is 0 Å². The van der Waals surface area contributed by atoms with Gasteiger partial charge in [0.2, 0.25) is 5.90 Å². The molecule has 0 aromatic heterocycles. The van der Waals surface area contributed by atoms with E-state index in [1.54, 1.807) is 0 Å². The molecule has 4 nitrogen and oxygen atoms in total. The van der Waals surface area contributed by atoms with Crippen LogP contribution < -0.4 is 0 Å². The van der Waals surface area contributed by atoms with Gasteiger partial charge in [0.1, 0.15) is 6.10 Å². The molecule has 0 spiro atoms. The first-order valence-corrected chi connectivity index (χ1v) is 6.99. The molecule has 1 aliphatic heterocycles. The second-order valence-electron chi connectivity index (χ2n) is 5.58. The predicted octanol–water partition coefficient (Wildman–Crippen LogP) is 3.10. The molecule has 2 aliphatic rings. The van der Waals surface area contributed by atoms with Crippen molar-refractivity contribution in [3.63, 3.8) is 0 Å². The van der Waals surface area contributed by atoms with Gasteiger partial charge in [0, 0.05) is 5.56 Å². The van der Waals surface area contributed by atoms with Crippen LogP contribution in [-0.4, -0.2) is 29.1 Å². The van der Waals surface area contributed by atoms with E-state index in [0.717, 1.165) is 12.1 Å². The van der Waals surface area contributed by atoms with Crippen molar-refractivity contribution in [2.45, 2.75) is 37.6 Å². The molecule has 1 aromatic carbocycles. The molecular weight excluding hydrogens is 299 g/mol. The van der Waals surface area contributed by atoms with Gasteiger partial charge >= 0.3 is 12.1 Å². The number of hydrogen-bond acceptors (Lipinski definition) is 3. The van der Waals surface area contributed by atoms with Gasteiger partial charge < -0.3 is 9.84 Å². The molecule has 22 heavy (non-hydrogen) atoms. The molecule has 1 N–H and O–H groups in total. The van der Waals surface area contributed by atoms with Crippen LogP contribution in [0.3, 0.4) is 0 Å². The lowest BCUT2D eigenvalue weighted by atomic mass is 9.84. The Hall–Kier alpha value is -2.05. The molecular formula is C15H14F3NO3. The van der Waals surface area contributed by atoms with E-state index < -0.39 is 23.6 Å². The topological polar surface area (TPSA) is 58.9 Å². The number of hydrogen-bond donors (Lipinski definition) is 1. The Kier molecular flexibility index (Phi) is 3.58. The Bertz CT molecular complexity index is 609. The number of carboxylic acids is 1. The van der Waals surface area contributed by atoms with Crippen molar-refractivity contribution in [1.82, 2.24) is 0 Å². The molecule has 3 atom stereocenters. The van der Waals surface area contributed by atoms with Crippen molar-refractivity contribution in [2.75, 3.05) is 0 Å². The average molecular weight is 313 g/mol. The van der Waals surface area contributed by atoms with Gasteiger partial charge in [-0.15, -0.1) is 0 Å². The fourth-order valence-electron chi connectivity index (χ4n) is 2.88. The van der Waals surface area contributed by atoms with Gasteiger partial charge in [-0.25, -0.2) is 4.99 Å². The number of benzene rings is 1. The number of carbonyl (C=O) groups is 1. The lowest BCUT2D eigenvalue weighted by molar-refractivity contribution is -0.144. The highest BCUT2D eigenvalue weighted by atomic mass is 19.4. The summed E-state index contributed by atoms with van der Waals surface area (Å²) in [5.74, 6) is -0.983. The third kappa shape index (κ3) is 2.80. The molecule has 118 valence electrons. The first kappa shape index (κ1) is 14.9. The van der Waals surface area contributed by atoms with E-state index >= 15 is 0 Å². The summed E-state index contributed by atoms with van der Waals surface area (Å²) in [4.78, 5) is 15.4. The average Bonchev–Trinajstić information content (AvgIpc) is 2.89. The van der Waals surface area contributed by atoms with Crippen LogP contribution in [0.1, 0.15) is 30.4 Å². The summed E-state index contributed by atoms with van der Waals surface area (Å²) in [5.41, 5.74) is -0.243. The van der Waals surface area contributed by atoms with Crippen molar-refractivity contribution < 1.29 is 27.8 Å². The Morgan fingerprint density at radius 1 is 1.23 bits per heavy atom. The summed E-state index contributed by atoms with van der Waals surface area (Å²) in [6.07, 6.45) is -3.13. The minimum Gasteiger partial charge on any atom is -0.481 e. The third-order valence-electron chi connectivity index (χ3n) is 4.11. The summed E-state index contributed by atoms with van der Waals surface area (Å²) >= 11 is 0. The van der Waals surface area contributed by atoms with Crippen molar-refractivity contribution in [3.8, 4) is 0 Å². The zero-order valence-corrected chi connectivity index (χ0v) is 11.5. The van der Waals surface area contributed by atoms with Crippen LogP contribution in [0.5, 0.6) is 0 Å². The molecule has 0 amide bonds. The van der Waals surface area contributed by atoms with Gasteiger partial charge in [-0.3, -0.25) is 4.79 Å². The molecule has 0 saturated heterocycles. The fourth-order valence-corrected chi connectivity index (χ4v) is 2.88. The maximum Gasteiger partial charge on any atom is 0.416 e. The maximum atomic E-state index is 12.5. The standard InChI is InChI=1S/C15H14F3NO3/c16-15(17,18)10-4-1-8(2-5-10)13-19-11-6-3-9(14(20)21)7-12(11)22-13/h1-2,4-5,9,11-12H,3,6-7H2,(H,20,21). The highest BCUT2D eigenvalue weighted by Gasteiger charge is 2.40. The minimum absolute atomic E-state index is 0.104. The highest BCUT2D eigenvalue weighted by Crippen LogP contribution is 2.34. The van der Waals surface area contributed by atoms with E-state index in [1.165, 1.54) is 12.1 Å². The van der Waals surface area contributed by atoms with Gasteiger partial charge in [0.25, 0.3) is 0 Å². The zero-order chi connectivity index (χ0) is 15.9. The number of halogens is 3. The zero-order valence-electron chi connectivity index (χ0n) is 11.5. The lowest BCUT2D eigenvalue weighted by Gasteiger charge is -2.26. The minimum atomic E-state index is -4.38. The molecule has 1 heterocycles. The smallest absolute Gasteiger partial charge is 0.416 e. The van der Waals surface area contributed by atoms with Gasteiger partial charge in [-0.1, -0.05) is 0 Å². The number of nitrogens with zero attached hydrogens (tertiary/aromatic N) is 1. The van der Waals surface area contributed by atoms with Crippen molar-refractivity contribution >= 4 is 11.9 Å². The lowest BCUT2D eigenvalue weighted by Crippen LogP contribution is -2.34. The second-order valence-corrected chi connectivity index (χ2v) is 5.58. The first-order chi connectivity index (χ1) is 10.3. The summed E-state index contributed by atoms with van der Waals surface area (Å²) < 4.78 is 43.3. The van der Waals surface area contributed by atoms with Crippen LogP contribution in [-0.2, 0) is 15.7 Å². The van der Waals surface area contributed by atoms with Gasteiger partial charge in [-0.05, 0) is 43.5 Å². The Morgan fingerprint density at radius 2 is 1.91 bits per heavy atom. The third-order valence-corrected chi connectivity index (χ3v) is 4.11. The van der Waals surface area contributed by atoms with Gasteiger partial charge in [-0.2, -0.15) is 13.2 Å².